The SMILES string of the molecule is CC1=NO[C@@]2(CC[C@H](C)N3C[C@H]2n2cc(C(=O)NCc4ccc(F)cc4F)c(=O)c(OC(=O)N(CCN(C)C(=O)OCOP(=O)(OCc4ccccc4)OCc4ccccc4)CC(=O)OCc4ccccc4)c2C3=O)C1. The third-order valence-corrected chi connectivity index (χ3v) is 14.3. The summed E-state index contributed by atoms with van der Waals surface area (Å²) in [5, 5.41) is 6.69. The molecular weight excluding hydrogens is 1010 g/mol. The number of aromatic nitrogens is 1. The minimum Gasteiger partial charge on any atom is -0.459 e. The summed E-state index contributed by atoms with van der Waals surface area (Å²) in [7, 11) is -3.07. The number of hydrogen-bond acceptors (Lipinski definition) is 15. The van der Waals surface area contributed by atoms with E-state index in [1.165, 1.54) is 16.5 Å². The van der Waals surface area contributed by atoms with Crippen molar-refractivity contribution in [3.05, 3.63) is 171 Å². The van der Waals surface area contributed by atoms with E-state index in [4.69, 9.17) is 32.6 Å². The van der Waals surface area contributed by atoms with Crippen molar-refractivity contribution < 1.29 is 69.9 Å². The summed E-state index contributed by atoms with van der Waals surface area (Å²) < 4.78 is 76.8. The molecule has 1 fully saturated rings. The van der Waals surface area contributed by atoms with Crippen LogP contribution in [0.4, 0.5) is 18.4 Å². The number of phosphoric acid groups is 1. The van der Waals surface area contributed by atoms with Gasteiger partial charge in [0, 0.05) is 63.5 Å². The van der Waals surface area contributed by atoms with Gasteiger partial charge < -0.3 is 38.7 Å². The Morgan fingerprint density at radius 2 is 1.47 bits per heavy atom. The Kier molecular flexibility index (Phi) is 17.4. The molecule has 3 atom stereocenters. The number of nitrogens with zero attached hydrogens (tertiary/aromatic N) is 5. The van der Waals surface area contributed by atoms with Crippen LogP contribution in [0, 0.1) is 11.6 Å². The van der Waals surface area contributed by atoms with Gasteiger partial charge in [-0.1, -0.05) is 102 Å². The molecule has 3 aliphatic heterocycles. The fraction of sp³-hybridized carbons (Fsp3) is 0.340. The molecule has 0 unspecified atom stereocenters. The lowest BCUT2D eigenvalue weighted by molar-refractivity contribution is -0.145. The van der Waals surface area contributed by atoms with E-state index in [1.807, 2.05) is 6.92 Å². The zero-order valence-electron chi connectivity index (χ0n) is 41.8. The highest BCUT2D eigenvalue weighted by atomic mass is 31.2. The number of carbonyl (C=O) groups excluding carboxylic acids is 5. The third-order valence-electron chi connectivity index (χ3n) is 13.0. The molecule has 1 aromatic heterocycles. The van der Waals surface area contributed by atoms with Gasteiger partial charge in [0.25, 0.3) is 11.8 Å². The third kappa shape index (κ3) is 13.2. The maximum absolute atomic E-state index is 14.7. The normalized spacial score (nSPS) is 17.7. The number of carbonyl (C=O) groups is 5. The average Bonchev–Trinajstić information content (AvgIpc) is 3.80. The highest BCUT2D eigenvalue weighted by Gasteiger charge is 2.54. The summed E-state index contributed by atoms with van der Waals surface area (Å²) in [4.78, 5) is 94.2. The van der Waals surface area contributed by atoms with Gasteiger partial charge in [-0.3, -0.25) is 33.1 Å². The monoisotopic (exact) mass is 1070 g/mol. The Bertz CT molecular complexity index is 3030. The molecule has 4 heterocycles. The first-order valence-electron chi connectivity index (χ1n) is 24.2. The molecule has 0 saturated carbocycles. The summed E-state index contributed by atoms with van der Waals surface area (Å²) in [6, 6.07) is 27.8. The van der Waals surface area contributed by atoms with Gasteiger partial charge in [0.2, 0.25) is 18.0 Å². The first-order valence-corrected chi connectivity index (χ1v) is 25.7. The topological polar surface area (TPSA) is 223 Å². The van der Waals surface area contributed by atoms with Crippen molar-refractivity contribution in [2.75, 3.05) is 40.0 Å². The van der Waals surface area contributed by atoms with Crippen molar-refractivity contribution in [2.45, 2.75) is 77.2 Å². The predicted molar refractivity (Wildman–Crippen MR) is 268 cm³/mol. The molecule has 1 saturated heterocycles. The second-order valence-electron chi connectivity index (χ2n) is 18.4. The fourth-order valence-corrected chi connectivity index (χ4v) is 9.83. The molecule has 0 aliphatic carbocycles. The Labute approximate surface area is 435 Å². The fourth-order valence-electron chi connectivity index (χ4n) is 8.81. The van der Waals surface area contributed by atoms with E-state index in [1.54, 1.807) is 97.9 Å². The van der Waals surface area contributed by atoms with Crippen molar-refractivity contribution in [1.82, 2.24) is 24.6 Å². The average molecular weight is 1070 g/mol. The molecule has 3 aliphatic rings. The summed E-state index contributed by atoms with van der Waals surface area (Å²) in [6.07, 6.45) is -0.0622. The molecule has 76 heavy (non-hydrogen) atoms. The Morgan fingerprint density at radius 1 is 0.842 bits per heavy atom. The lowest BCUT2D eigenvalue weighted by Crippen LogP contribution is -2.53. The second kappa shape index (κ2) is 24.3. The summed E-state index contributed by atoms with van der Waals surface area (Å²) in [5.74, 6) is -5.38. The summed E-state index contributed by atoms with van der Waals surface area (Å²) >= 11 is 0. The van der Waals surface area contributed by atoms with Gasteiger partial charge in [0.1, 0.15) is 30.3 Å². The molecule has 400 valence electrons. The van der Waals surface area contributed by atoms with Crippen LogP contribution in [0.25, 0.3) is 0 Å². The standard InChI is InChI=1S/C53H55F2N6O14P/c1-35-26-53(75-57-35)22-21-36(2)60-29-44(53)61-28-42(49(64)56-27-40-19-20-41(54)25-43(40)55)47(63)48(46(61)50(60)65)74-52(67)59(30-45(62)69-31-37-13-7-4-8-14-37)24-23-58(3)51(66)70-34-73-76(68,71-32-38-15-9-5-10-16-38)72-33-39-17-11-6-12-18-39/h4-20,25,28,36,44H,21-24,26-27,29-34H2,1-3H3,(H,56,64)/t36-,44+,53-/m0/s1. The quantitative estimate of drug-likeness (QED) is 0.0445. The van der Waals surface area contributed by atoms with Crippen LogP contribution in [0.3, 0.4) is 0 Å². The van der Waals surface area contributed by atoms with E-state index in [0.717, 1.165) is 28.1 Å². The molecule has 0 radical (unpaired) electrons. The van der Waals surface area contributed by atoms with Gasteiger partial charge in [0.05, 0.1) is 25.0 Å². The van der Waals surface area contributed by atoms with E-state index in [0.29, 0.717) is 47.7 Å². The number of amides is 4. The Hall–Kier alpha value is -7.78. The number of pyridine rings is 1. The van der Waals surface area contributed by atoms with Gasteiger partial charge in [-0.05, 0) is 49.4 Å². The smallest absolute Gasteiger partial charge is 0.459 e. The van der Waals surface area contributed by atoms with Crippen molar-refractivity contribution in [3.8, 4) is 5.75 Å². The number of esters is 1. The van der Waals surface area contributed by atoms with Gasteiger partial charge in [-0.2, -0.15) is 0 Å². The van der Waals surface area contributed by atoms with Crippen LogP contribution in [0.2, 0.25) is 0 Å². The zero-order chi connectivity index (χ0) is 54.0. The van der Waals surface area contributed by atoms with Crippen LogP contribution in [0.15, 0.2) is 125 Å². The molecule has 1 N–H and O–H groups in total. The van der Waals surface area contributed by atoms with Crippen molar-refractivity contribution in [3.63, 3.8) is 0 Å². The summed E-state index contributed by atoms with van der Waals surface area (Å²) in [5.41, 5.74) is -0.796. The number of rotatable bonds is 20. The molecule has 4 aromatic carbocycles. The number of halogens is 2. The van der Waals surface area contributed by atoms with Crippen molar-refractivity contribution in [1.29, 1.82) is 0 Å². The van der Waals surface area contributed by atoms with E-state index in [2.05, 4.69) is 10.5 Å². The number of nitrogens with one attached hydrogen (secondary N) is 1. The molecular formula is C53H55F2N6O14P. The van der Waals surface area contributed by atoms with Gasteiger partial charge >= 0.3 is 26.0 Å². The van der Waals surface area contributed by atoms with Crippen LogP contribution in [-0.2, 0) is 63.6 Å². The highest BCUT2D eigenvalue weighted by molar-refractivity contribution is 7.48. The first-order chi connectivity index (χ1) is 36.5. The molecule has 4 amide bonds. The van der Waals surface area contributed by atoms with E-state index >= 15 is 0 Å². The minimum absolute atomic E-state index is 0.0553. The lowest BCUT2D eigenvalue weighted by Gasteiger charge is -2.42. The lowest BCUT2D eigenvalue weighted by atomic mass is 9.84. The molecule has 1 spiro atoms. The van der Waals surface area contributed by atoms with Gasteiger partial charge in [0.15, 0.2) is 11.3 Å². The number of ether oxygens (including phenoxy) is 3. The minimum atomic E-state index is -4.37. The van der Waals surface area contributed by atoms with Crippen LogP contribution >= 0.6 is 7.82 Å². The number of hydrogen-bond donors (Lipinski definition) is 1. The van der Waals surface area contributed by atoms with Crippen LogP contribution in [-0.4, -0.2) is 107 Å². The number of fused-ring (bicyclic) bond motifs is 5. The molecule has 8 rings (SSSR count). The van der Waals surface area contributed by atoms with Crippen molar-refractivity contribution >= 4 is 43.5 Å². The second-order valence-corrected chi connectivity index (χ2v) is 20.0. The summed E-state index contributed by atoms with van der Waals surface area (Å²) in [6.45, 7) is 0.0949. The van der Waals surface area contributed by atoms with E-state index in [9.17, 15) is 42.1 Å². The number of phosphoric ester groups is 1. The van der Waals surface area contributed by atoms with Gasteiger partial charge in [-0.15, -0.1) is 0 Å². The molecule has 2 bridgehead atoms. The Morgan fingerprint density at radius 3 is 2.08 bits per heavy atom. The largest absolute Gasteiger partial charge is 0.478 e. The van der Waals surface area contributed by atoms with Crippen LogP contribution < -0.4 is 15.5 Å². The Balaban J connectivity index is 1.04. The molecule has 5 aromatic rings. The predicted octanol–water partition coefficient (Wildman–Crippen LogP) is 7.90. The van der Waals surface area contributed by atoms with Crippen molar-refractivity contribution in [2.24, 2.45) is 5.16 Å². The van der Waals surface area contributed by atoms with E-state index in [-0.39, 0.29) is 38.5 Å². The van der Waals surface area contributed by atoms with Crippen LogP contribution in [0.1, 0.15) is 82.3 Å². The number of likely N-dealkylation sites (N-methyl/N-ethyl adjacent to an activating group) is 1. The maximum atomic E-state index is 14.7. The van der Waals surface area contributed by atoms with E-state index < -0.39 is 116 Å². The number of oxime groups is 1. The highest BCUT2D eigenvalue weighted by Crippen LogP contribution is 2.51. The first kappa shape index (κ1) is 54.5. The number of benzene rings is 4. The maximum Gasteiger partial charge on any atom is 0.478 e. The zero-order valence-corrected chi connectivity index (χ0v) is 42.7. The molecule has 20 nitrogen and oxygen atoms in total. The molecule has 23 heteroatoms. The van der Waals surface area contributed by atoms with Gasteiger partial charge in [-0.25, -0.2) is 27.5 Å². The van der Waals surface area contributed by atoms with Crippen LogP contribution in [0.5, 0.6) is 5.75 Å².